The second-order valence-corrected chi connectivity index (χ2v) is 7.99. The molecule has 2 N–H and O–H groups in total. The fourth-order valence-corrected chi connectivity index (χ4v) is 4.27. The van der Waals surface area contributed by atoms with Gasteiger partial charge in [-0.25, -0.2) is 0 Å². The molecular formula is C20H21N5O4S. The predicted octanol–water partition coefficient (Wildman–Crippen LogP) is 1.34. The number of ketones is 1. The van der Waals surface area contributed by atoms with Crippen LogP contribution < -0.4 is 11.3 Å². The minimum atomic E-state index is -0.502. The van der Waals surface area contributed by atoms with E-state index in [0.717, 1.165) is 25.9 Å². The van der Waals surface area contributed by atoms with Crippen LogP contribution in [0.5, 0.6) is 0 Å². The number of nitrogen functional groups attached to an aromatic ring is 1. The summed E-state index contributed by atoms with van der Waals surface area (Å²) in [5, 5.41) is 4.95. The number of hydrogen-bond donors (Lipinski definition) is 1. The summed E-state index contributed by atoms with van der Waals surface area (Å²) in [6.07, 6.45) is 8.26. The lowest BCUT2D eigenvalue weighted by atomic mass is 10.0. The highest BCUT2D eigenvalue weighted by Gasteiger charge is 2.21. The summed E-state index contributed by atoms with van der Waals surface area (Å²) in [5.74, 6) is 0.112. The van der Waals surface area contributed by atoms with Crippen LogP contribution in [0.25, 0.3) is 11.0 Å². The summed E-state index contributed by atoms with van der Waals surface area (Å²) >= 11 is 1.18. The number of fused-ring (bicyclic) bond motifs is 1. The molecule has 10 heteroatoms. The molecular weight excluding hydrogens is 406 g/mol. The Hall–Kier alpha value is -3.27. The summed E-state index contributed by atoms with van der Waals surface area (Å²) in [5.41, 5.74) is 6.46. The average molecular weight is 427 g/mol. The zero-order chi connectivity index (χ0) is 21.3. The van der Waals surface area contributed by atoms with E-state index in [9.17, 15) is 14.4 Å². The minimum absolute atomic E-state index is 0.0148. The van der Waals surface area contributed by atoms with E-state index in [1.54, 1.807) is 25.2 Å². The van der Waals surface area contributed by atoms with Gasteiger partial charge in [0.15, 0.2) is 5.76 Å². The molecule has 4 rings (SSSR count). The molecule has 1 fully saturated rings. The number of aromatic nitrogens is 3. The lowest BCUT2D eigenvalue weighted by Gasteiger charge is -2.13. The van der Waals surface area contributed by atoms with Gasteiger partial charge < -0.3 is 15.4 Å². The second-order valence-electron chi connectivity index (χ2n) is 6.95. The number of allylic oxidation sites excluding steroid dienone is 4. The quantitative estimate of drug-likeness (QED) is 0.764. The van der Waals surface area contributed by atoms with E-state index in [1.807, 2.05) is 4.90 Å². The van der Waals surface area contributed by atoms with Crippen LogP contribution in [0.3, 0.4) is 0 Å². The van der Waals surface area contributed by atoms with Gasteiger partial charge in [-0.3, -0.25) is 14.4 Å². The van der Waals surface area contributed by atoms with Gasteiger partial charge in [0, 0.05) is 13.1 Å². The SMILES string of the molecule is CCOC1=CC(=Cc2c(N)n3nc(CC(=O)N4CCCC4)sc3nc2=O)C=CC1=O. The van der Waals surface area contributed by atoms with Gasteiger partial charge in [-0.05, 0) is 43.6 Å². The van der Waals surface area contributed by atoms with Crippen molar-refractivity contribution in [2.24, 2.45) is 0 Å². The van der Waals surface area contributed by atoms with Crippen molar-refractivity contribution >= 4 is 39.9 Å². The molecule has 2 aromatic heterocycles. The first-order valence-electron chi connectivity index (χ1n) is 9.71. The van der Waals surface area contributed by atoms with Crippen LogP contribution in [0.4, 0.5) is 5.82 Å². The molecule has 1 aliphatic carbocycles. The Morgan fingerprint density at radius 3 is 2.80 bits per heavy atom. The number of rotatable bonds is 5. The summed E-state index contributed by atoms with van der Waals surface area (Å²) < 4.78 is 6.70. The Morgan fingerprint density at radius 2 is 2.07 bits per heavy atom. The van der Waals surface area contributed by atoms with E-state index in [2.05, 4.69) is 10.1 Å². The summed E-state index contributed by atoms with van der Waals surface area (Å²) in [6.45, 7) is 3.68. The molecule has 30 heavy (non-hydrogen) atoms. The Bertz CT molecular complexity index is 1170. The third-order valence-electron chi connectivity index (χ3n) is 4.87. The van der Waals surface area contributed by atoms with Crippen LogP contribution in [-0.4, -0.2) is 50.9 Å². The number of likely N-dealkylation sites (tertiary alicyclic amines) is 1. The van der Waals surface area contributed by atoms with Crippen LogP contribution in [0, 0.1) is 0 Å². The van der Waals surface area contributed by atoms with E-state index in [-0.39, 0.29) is 35.3 Å². The van der Waals surface area contributed by atoms with E-state index in [1.165, 1.54) is 21.9 Å². The van der Waals surface area contributed by atoms with Gasteiger partial charge in [0.2, 0.25) is 16.7 Å². The monoisotopic (exact) mass is 427 g/mol. The summed E-state index contributed by atoms with van der Waals surface area (Å²) in [7, 11) is 0. The molecule has 2 aromatic rings. The topological polar surface area (TPSA) is 120 Å². The second kappa shape index (κ2) is 8.23. The summed E-state index contributed by atoms with van der Waals surface area (Å²) in [4.78, 5) is 43.0. The molecule has 0 unspecified atom stereocenters. The zero-order valence-electron chi connectivity index (χ0n) is 16.5. The normalized spacial score (nSPS) is 17.8. The van der Waals surface area contributed by atoms with Crippen molar-refractivity contribution in [3.8, 4) is 0 Å². The van der Waals surface area contributed by atoms with Gasteiger partial charge >= 0.3 is 0 Å². The molecule has 0 spiro atoms. The van der Waals surface area contributed by atoms with Gasteiger partial charge in [0.1, 0.15) is 10.8 Å². The zero-order valence-corrected chi connectivity index (χ0v) is 17.3. The van der Waals surface area contributed by atoms with Crippen molar-refractivity contribution in [1.29, 1.82) is 0 Å². The van der Waals surface area contributed by atoms with E-state index >= 15 is 0 Å². The maximum atomic E-state index is 12.6. The molecule has 3 heterocycles. The Labute approximate surface area is 176 Å². The van der Waals surface area contributed by atoms with Gasteiger partial charge in [0.25, 0.3) is 5.56 Å². The smallest absolute Gasteiger partial charge is 0.283 e. The standard InChI is InChI=1S/C20H21N5O4S/c1-2-29-15-10-12(5-6-14(15)26)9-13-18(21)25-20(22-19(13)28)30-16(23-25)11-17(27)24-7-3-4-8-24/h5-6,9-10H,2-4,7-8,11,21H2,1H3. The number of nitrogens with two attached hydrogens (primary N) is 1. The molecule has 0 bridgehead atoms. The van der Waals surface area contributed by atoms with Crippen LogP contribution in [0.1, 0.15) is 30.3 Å². The van der Waals surface area contributed by atoms with E-state index in [0.29, 0.717) is 22.1 Å². The molecule has 156 valence electrons. The lowest BCUT2D eigenvalue weighted by Crippen LogP contribution is -2.29. The first-order valence-corrected chi connectivity index (χ1v) is 10.5. The van der Waals surface area contributed by atoms with Crippen molar-refractivity contribution < 1.29 is 14.3 Å². The Kier molecular flexibility index (Phi) is 5.49. The van der Waals surface area contributed by atoms with Gasteiger partial charge in [-0.15, -0.1) is 0 Å². The molecule has 2 aliphatic rings. The number of anilines is 1. The summed E-state index contributed by atoms with van der Waals surface area (Å²) in [6, 6.07) is 0. The highest BCUT2D eigenvalue weighted by molar-refractivity contribution is 7.16. The fourth-order valence-electron chi connectivity index (χ4n) is 3.39. The first kappa shape index (κ1) is 20.0. The van der Waals surface area contributed by atoms with Crippen LogP contribution in [-0.2, 0) is 20.7 Å². The number of amides is 1. The van der Waals surface area contributed by atoms with Crippen molar-refractivity contribution in [3.63, 3.8) is 0 Å². The van der Waals surface area contributed by atoms with Crippen molar-refractivity contribution in [2.45, 2.75) is 26.2 Å². The number of carbonyl (C=O) groups is 2. The van der Waals surface area contributed by atoms with Gasteiger partial charge in [0.05, 0.1) is 18.6 Å². The third kappa shape index (κ3) is 3.90. The Morgan fingerprint density at radius 1 is 1.30 bits per heavy atom. The van der Waals surface area contributed by atoms with Crippen LogP contribution >= 0.6 is 11.3 Å². The number of hydrogen-bond acceptors (Lipinski definition) is 8. The first-order chi connectivity index (χ1) is 14.5. The Balaban J connectivity index is 1.66. The number of carbonyl (C=O) groups excluding carboxylic acids is 2. The lowest BCUT2D eigenvalue weighted by molar-refractivity contribution is -0.129. The van der Waals surface area contributed by atoms with E-state index < -0.39 is 5.56 Å². The number of nitrogens with zero attached hydrogens (tertiary/aromatic N) is 4. The van der Waals surface area contributed by atoms with Crippen molar-refractivity contribution in [1.82, 2.24) is 19.5 Å². The van der Waals surface area contributed by atoms with Crippen molar-refractivity contribution in [3.05, 3.63) is 50.5 Å². The largest absolute Gasteiger partial charge is 0.490 e. The third-order valence-corrected chi connectivity index (χ3v) is 5.78. The highest BCUT2D eigenvalue weighted by Crippen LogP contribution is 2.22. The van der Waals surface area contributed by atoms with Crippen molar-refractivity contribution in [2.75, 3.05) is 25.4 Å². The number of ether oxygens (including phenoxy) is 1. The molecule has 9 nitrogen and oxygen atoms in total. The van der Waals surface area contributed by atoms with Gasteiger partial charge in [-0.2, -0.15) is 14.6 Å². The van der Waals surface area contributed by atoms with Crippen LogP contribution in [0.15, 0.2) is 34.4 Å². The predicted molar refractivity (Wildman–Crippen MR) is 113 cm³/mol. The molecule has 0 radical (unpaired) electrons. The minimum Gasteiger partial charge on any atom is -0.490 e. The highest BCUT2D eigenvalue weighted by atomic mass is 32.1. The molecule has 1 aliphatic heterocycles. The molecule has 0 aromatic carbocycles. The van der Waals surface area contributed by atoms with Gasteiger partial charge in [-0.1, -0.05) is 17.4 Å². The fraction of sp³-hybridized carbons (Fsp3) is 0.350. The maximum absolute atomic E-state index is 12.6. The molecule has 1 saturated heterocycles. The average Bonchev–Trinajstić information content (AvgIpc) is 3.38. The maximum Gasteiger partial charge on any atom is 0.283 e. The molecule has 1 amide bonds. The van der Waals surface area contributed by atoms with Crippen LogP contribution in [0.2, 0.25) is 0 Å². The van der Waals surface area contributed by atoms with E-state index in [4.69, 9.17) is 10.5 Å². The molecule has 0 saturated carbocycles. The molecule has 0 atom stereocenters.